The van der Waals surface area contributed by atoms with Crippen LogP contribution in [0.5, 0.6) is 0 Å². The van der Waals surface area contributed by atoms with E-state index in [2.05, 4.69) is 25.0 Å². The van der Waals surface area contributed by atoms with Crippen LogP contribution in [-0.4, -0.2) is 62.2 Å². The van der Waals surface area contributed by atoms with Crippen molar-refractivity contribution in [1.82, 2.24) is 29.7 Å². The molecule has 2 N–H and O–H groups in total. The van der Waals surface area contributed by atoms with Gasteiger partial charge in [-0.2, -0.15) is 24.7 Å². The Labute approximate surface area is 121 Å². The van der Waals surface area contributed by atoms with Crippen molar-refractivity contribution in [1.29, 1.82) is 0 Å². The molecule has 21 heavy (non-hydrogen) atoms. The minimum absolute atomic E-state index is 0.0473. The zero-order valence-electron chi connectivity index (χ0n) is 11.3. The van der Waals surface area contributed by atoms with Crippen LogP contribution in [0.3, 0.4) is 0 Å². The number of hydrogen-bond acceptors (Lipinski definition) is 9. The molecule has 1 saturated heterocycles. The van der Waals surface area contributed by atoms with Crippen LogP contribution in [0.25, 0.3) is 5.95 Å². The Hall–Kier alpha value is -2.30. The first-order valence-electron chi connectivity index (χ1n) is 6.28. The van der Waals surface area contributed by atoms with Gasteiger partial charge in [0.2, 0.25) is 11.9 Å². The van der Waals surface area contributed by atoms with Gasteiger partial charge in [0.15, 0.2) is 9.84 Å². The lowest BCUT2D eigenvalue weighted by atomic mass is 10.3. The molecule has 1 atom stereocenters. The van der Waals surface area contributed by atoms with E-state index in [-0.39, 0.29) is 29.4 Å². The summed E-state index contributed by atoms with van der Waals surface area (Å²) in [5.74, 6) is 0.774. The second kappa shape index (κ2) is 4.91. The lowest BCUT2D eigenvalue weighted by Crippen LogP contribution is -2.47. The Morgan fingerprint density at radius 1 is 1.29 bits per heavy atom. The monoisotopic (exact) mass is 310 g/mol. The number of aromatic nitrogens is 6. The van der Waals surface area contributed by atoms with Gasteiger partial charge in [-0.1, -0.05) is 0 Å². The molecule has 11 heteroatoms. The first-order valence-corrected chi connectivity index (χ1v) is 8.10. The predicted molar refractivity (Wildman–Crippen MR) is 74.6 cm³/mol. The molecule has 0 spiro atoms. The fourth-order valence-electron chi connectivity index (χ4n) is 2.21. The SMILES string of the molecule is CC1CS(=O)(=O)CCN1c1nc(N)nc(-n2cncn2)n1. The summed E-state index contributed by atoms with van der Waals surface area (Å²) in [5, 5.41) is 3.94. The zero-order chi connectivity index (χ0) is 15.0. The molecule has 0 saturated carbocycles. The normalized spacial score (nSPS) is 21.4. The predicted octanol–water partition coefficient (Wildman–Crippen LogP) is -1.34. The summed E-state index contributed by atoms with van der Waals surface area (Å²) in [6.07, 6.45) is 2.80. The molecular weight excluding hydrogens is 296 g/mol. The Kier molecular flexibility index (Phi) is 3.20. The molecule has 2 aromatic heterocycles. The number of rotatable bonds is 2. The van der Waals surface area contributed by atoms with Gasteiger partial charge in [-0.05, 0) is 6.92 Å². The van der Waals surface area contributed by atoms with E-state index in [4.69, 9.17) is 5.73 Å². The van der Waals surface area contributed by atoms with E-state index < -0.39 is 9.84 Å². The maximum Gasteiger partial charge on any atom is 0.258 e. The minimum Gasteiger partial charge on any atom is -0.368 e. The van der Waals surface area contributed by atoms with Crippen LogP contribution in [-0.2, 0) is 9.84 Å². The van der Waals surface area contributed by atoms with Crippen molar-refractivity contribution < 1.29 is 8.42 Å². The lowest BCUT2D eigenvalue weighted by Gasteiger charge is -2.33. The first-order chi connectivity index (χ1) is 9.94. The third kappa shape index (κ3) is 2.77. The van der Waals surface area contributed by atoms with Gasteiger partial charge in [0.1, 0.15) is 12.7 Å². The molecule has 0 aliphatic carbocycles. The summed E-state index contributed by atoms with van der Waals surface area (Å²) in [6, 6.07) is -0.228. The van der Waals surface area contributed by atoms with Crippen LogP contribution >= 0.6 is 0 Å². The summed E-state index contributed by atoms with van der Waals surface area (Å²) in [5.41, 5.74) is 5.70. The average molecular weight is 310 g/mol. The Morgan fingerprint density at radius 2 is 2.05 bits per heavy atom. The fraction of sp³-hybridized carbons (Fsp3) is 0.500. The molecule has 0 amide bonds. The molecular formula is C10H14N8O2S. The second-order valence-electron chi connectivity index (χ2n) is 4.79. The third-order valence-corrected chi connectivity index (χ3v) is 4.97. The lowest BCUT2D eigenvalue weighted by molar-refractivity contribution is 0.564. The molecule has 112 valence electrons. The number of hydrogen-bond donors (Lipinski definition) is 1. The van der Waals surface area contributed by atoms with E-state index >= 15 is 0 Å². The molecule has 0 aromatic carbocycles. The van der Waals surface area contributed by atoms with Crippen molar-refractivity contribution in [3.05, 3.63) is 12.7 Å². The van der Waals surface area contributed by atoms with E-state index in [0.717, 1.165) is 0 Å². The first kappa shape index (κ1) is 13.7. The molecule has 3 heterocycles. The maximum atomic E-state index is 11.6. The van der Waals surface area contributed by atoms with Gasteiger partial charge in [0.25, 0.3) is 5.95 Å². The Balaban J connectivity index is 1.96. The molecule has 1 aliphatic heterocycles. The molecule has 10 nitrogen and oxygen atoms in total. The van der Waals surface area contributed by atoms with Gasteiger partial charge in [0.05, 0.1) is 11.5 Å². The van der Waals surface area contributed by atoms with E-state index in [0.29, 0.717) is 12.5 Å². The van der Waals surface area contributed by atoms with Gasteiger partial charge < -0.3 is 10.6 Å². The topological polar surface area (TPSA) is 133 Å². The van der Waals surface area contributed by atoms with E-state index in [1.165, 1.54) is 17.3 Å². The number of nitrogens with zero attached hydrogens (tertiary/aromatic N) is 7. The summed E-state index contributed by atoms with van der Waals surface area (Å²) in [4.78, 5) is 18.0. The quantitative estimate of drug-likeness (QED) is 0.715. The number of nitrogens with two attached hydrogens (primary N) is 1. The van der Waals surface area contributed by atoms with Gasteiger partial charge in [-0.15, -0.1) is 0 Å². The highest BCUT2D eigenvalue weighted by molar-refractivity contribution is 7.91. The summed E-state index contributed by atoms with van der Waals surface area (Å²) < 4.78 is 24.6. The maximum absolute atomic E-state index is 11.6. The number of sulfone groups is 1. The van der Waals surface area contributed by atoms with Crippen LogP contribution in [0.1, 0.15) is 6.92 Å². The van der Waals surface area contributed by atoms with Crippen molar-refractivity contribution >= 4 is 21.7 Å². The highest BCUT2D eigenvalue weighted by atomic mass is 32.2. The smallest absolute Gasteiger partial charge is 0.258 e. The minimum atomic E-state index is -3.01. The van der Waals surface area contributed by atoms with Crippen LogP contribution in [0.2, 0.25) is 0 Å². The summed E-state index contributed by atoms with van der Waals surface area (Å²) >= 11 is 0. The average Bonchev–Trinajstić information content (AvgIpc) is 2.90. The van der Waals surface area contributed by atoms with E-state index in [9.17, 15) is 8.42 Å². The second-order valence-corrected chi connectivity index (χ2v) is 7.02. The van der Waals surface area contributed by atoms with Crippen LogP contribution in [0.15, 0.2) is 12.7 Å². The third-order valence-electron chi connectivity index (χ3n) is 3.18. The number of nitrogen functional groups attached to an aromatic ring is 1. The molecule has 0 radical (unpaired) electrons. The molecule has 1 unspecified atom stereocenters. The van der Waals surface area contributed by atoms with Gasteiger partial charge in [-0.25, -0.2) is 13.4 Å². The fourth-order valence-corrected chi connectivity index (χ4v) is 3.76. The Morgan fingerprint density at radius 3 is 2.71 bits per heavy atom. The molecule has 2 aromatic rings. The summed E-state index contributed by atoms with van der Waals surface area (Å²) in [6.45, 7) is 2.13. The number of anilines is 2. The van der Waals surface area contributed by atoms with E-state index in [1.54, 1.807) is 4.90 Å². The highest BCUT2D eigenvalue weighted by Gasteiger charge is 2.30. The largest absolute Gasteiger partial charge is 0.368 e. The summed E-state index contributed by atoms with van der Waals surface area (Å²) in [7, 11) is -3.01. The zero-order valence-corrected chi connectivity index (χ0v) is 12.1. The standard InChI is InChI=1S/C10H14N8O2S/c1-7-4-21(19,20)3-2-17(7)9-14-8(11)15-10(16-9)18-6-12-5-13-18/h5-7H,2-4H2,1H3,(H2,11,14,15,16). The molecule has 3 rings (SSSR count). The van der Waals surface area contributed by atoms with Crippen molar-refractivity contribution in [2.75, 3.05) is 28.7 Å². The molecule has 1 aliphatic rings. The van der Waals surface area contributed by atoms with E-state index in [1.807, 2.05) is 6.92 Å². The van der Waals surface area contributed by atoms with Crippen molar-refractivity contribution in [2.24, 2.45) is 0 Å². The van der Waals surface area contributed by atoms with Gasteiger partial charge >= 0.3 is 0 Å². The van der Waals surface area contributed by atoms with Crippen molar-refractivity contribution in [2.45, 2.75) is 13.0 Å². The molecule has 1 fully saturated rings. The van der Waals surface area contributed by atoms with Crippen LogP contribution < -0.4 is 10.6 Å². The van der Waals surface area contributed by atoms with Crippen LogP contribution in [0.4, 0.5) is 11.9 Å². The Bertz CT molecular complexity index is 744. The van der Waals surface area contributed by atoms with Crippen molar-refractivity contribution in [3.63, 3.8) is 0 Å². The van der Waals surface area contributed by atoms with Gasteiger partial charge in [-0.3, -0.25) is 0 Å². The van der Waals surface area contributed by atoms with Gasteiger partial charge in [0, 0.05) is 12.6 Å². The van der Waals surface area contributed by atoms with Crippen molar-refractivity contribution in [3.8, 4) is 5.95 Å². The van der Waals surface area contributed by atoms with Crippen LogP contribution in [0, 0.1) is 0 Å². The highest BCUT2D eigenvalue weighted by Crippen LogP contribution is 2.19. The molecule has 0 bridgehead atoms.